The summed E-state index contributed by atoms with van der Waals surface area (Å²) in [5.41, 5.74) is 4.96. The number of hydrogen-bond acceptors (Lipinski definition) is 4. The maximum absolute atomic E-state index is 12.9. The van der Waals surface area contributed by atoms with Crippen molar-refractivity contribution in [1.82, 2.24) is 14.6 Å². The van der Waals surface area contributed by atoms with E-state index in [4.69, 9.17) is 0 Å². The van der Waals surface area contributed by atoms with Crippen molar-refractivity contribution >= 4 is 23.0 Å². The Morgan fingerprint density at radius 3 is 2.57 bits per heavy atom. The van der Waals surface area contributed by atoms with Gasteiger partial charge in [0.05, 0.1) is 17.5 Å². The van der Waals surface area contributed by atoms with Gasteiger partial charge in [-0.3, -0.25) is 9.59 Å². The van der Waals surface area contributed by atoms with Crippen molar-refractivity contribution in [3.05, 3.63) is 83.7 Å². The Balaban J connectivity index is 1.78. The van der Waals surface area contributed by atoms with Gasteiger partial charge in [-0.15, -0.1) is 0 Å². The van der Waals surface area contributed by atoms with Crippen LogP contribution in [0, 0.1) is 6.92 Å². The van der Waals surface area contributed by atoms with E-state index in [1.165, 1.54) is 6.92 Å². The van der Waals surface area contributed by atoms with Crippen molar-refractivity contribution in [3.63, 3.8) is 0 Å². The number of carbonyl (C=O) groups excluding carboxylic acids is 2. The number of nitrogens with zero attached hydrogens (tertiary/aromatic N) is 3. The normalized spacial score (nSPS) is 10.8. The molecule has 0 saturated heterocycles. The van der Waals surface area contributed by atoms with Crippen LogP contribution in [0.5, 0.6) is 0 Å². The minimum Gasteiger partial charge on any atom is -0.326 e. The highest BCUT2D eigenvalue weighted by Gasteiger charge is 2.17. The number of carbonyl (C=O) groups is 2. The lowest BCUT2D eigenvalue weighted by molar-refractivity contribution is -0.114. The van der Waals surface area contributed by atoms with Crippen LogP contribution in [0.3, 0.4) is 0 Å². The van der Waals surface area contributed by atoms with E-state index < -0.39 is 0 Å². The van der Waals surface area contributed by atoms with Gasteiger partial charge >= 0.3 is 0 Å². The molecule has 4 rings (SSSR count). The van der Waals surface area contributed by atoms with Gasteiger partial charge in [0.2, 0.25) is 5.91 Å². The standard InChI is InChI=1S/C22H18N4O2/c1-14-6-8-16(9-7-14)21(28)19-13-24-26-20(10-11-23-22(19)26)17-4-3-5-18(12-17)25-15(2)27/h3-13H,1-2H3,(H,25,27). The summed E-state index contributed by atoms with van der Waals surface area (Å²) in [7, 11) is 0. The van der Waals surface area contributed by atoms with Crippen molar-refractivity contribution in [2.75, 3.05) is 5.32 Å². The summed E-state index contributed by atoms with van der Waals surface area (Å²) in [6, 6.07) is 16.7. The van der Waals surface area contributed by atoms with Crippen LogP contribution in [0.1, 0.15) is 28.4 Å². The SMILES string of the molecule is CC(=O)Nc1cccc(-c2ccnc3c(C(=O)c4ccc(C)cc4)cnn23)c1. The zero-order chi connectivity index (χ0) is 19.7. The van der Waals surface area contributed by atoms with Crippen LogP contribution in [-0.2, 0) is 4.79 Å². The Hall–Kier alpha value is -3.80. The highest BCUT2D eigenvalue weighted by molar-refractivity contribution is 6.12. The van der Waals surface area contributed by atoms with Gasteiger partial charge in [-0.2, -0.15) is 5.10 Å². The smallest absolute Gasteiger partial charge is 0.221 e. The minimum absolute atomic E-state index is 0.119. The summed E-state index contributed by atoms with van der Waals surface area (Å²) in [6.45, 7) is 3.44. The zero-order valence-corrected chi connectivity index (χ0v) is 15.5. The first-order chi connectivity index (χ1) is 13.5. The molecule has 0 aliphatic carbocycles. The molecule has 6 heteroatoms. The van der Waals surface area contributed by atoms with E-state index in [1.54, 1.807) is 16.9 Å². The van der Waals surface area contributed by atoms with Gasteiger partial charge in [0.1, 0.15) is 0 Å². The molecule has 0 aliphatic heterocycles. The van der Waals surface area contributed by atoms with Crippen LogP contribution in [-0.4, -0.2) is 26.3 Å². The fourth-order valence-electron chi connectivity index (χ4n) is 3.09. The van der Waals surface area contributed by atoms with Crippen molar-refractivity contribution in [2.24, 2.45) is 0 Å². The molecule has 0 spiro atoms. The Labute approximate surface area is 161 Å². The summed E-state index contributed by atoms with van der Waals surface area (Å²) in [4.78, 5) is 28.6. The van der Waals surface area contributed by atoms with E-state index in [-0.39, 0.29) is 11.7 Å². The third kappa shape index (κ3) is 3.27. The quantitative estimate of drug-likeness (QED) is 0.553. The summed E-state index contributed by atoms with van der Waals surface area (Å²) >= 11 is 0. The number of aryl methyl sites for hydroxylation is 1. The van der Waals surface area contributed by atoms with E-state index in [0.29, 0.717) is 22.5 Å². The monoisotopic (exact) mass is 370 g/mol. The highest BCUT2D eigenvalue weighted by atomic mass is 16.1. The largest absolute Gasteiger partial charge is 0.326 e. The lowest BCUT2D eigenvalue weighted by atomic mass is 10.0. The number of amides is 1. The molecular weight excluding hydrogens is 352 g/mol. The lowest BCUT2D eigenvalue weighted by Gasteiger charge is -2.08. The number of hydrogen-bond donors (Lipinski definition) is 1. The van der Waals surface area contributed by atoms with Crippen molar-refractivity contribution < 1.29 is 9.59 Å². The second-order valence-corrected chi connectivity index (χ2v) is 6.58. The Bertz CT molecular complexity index is 1190. The predicted octanol–water partition coefficient (Wildman–Crippen LogP) is 3.89. The third-order valence-corrected chi connectivity index (χ3v) is 4.44. The van der Waals surface area contributed by atoms with E-state index >= 15 is 0 Å². The lowest BCUT2D eigenvalue weighted by Crippen LogP contribution is -2.06. The summed E-state index contributed by atoms with van der Waals surface area (Å²) in [6.07, 6.45) is 3.20. The minimum atomic E-state index is -0.137. The van der Waals surface area contributed by atoms with Gasteiger partial charge in [0, 0.05) is 29.9 Å². The van der Waals surface area contributed by atoms with Crippen molar-refractivity contribution in [1.29, 1.82) is 0 Å². The molecule has 0 aliphatic rings. The molecule has 2 aromatic carbocycles. The topological polar surface area (TPSA) is 76.4 Å². The molecule has 0 saturated carbocycles. The molecule has 2 heterocycles. The van der Waals surface area contributed by atoms with Gasteiger partial charge in [-0.25, -0.2) is 9.50 Å². The van der Waals surface area contributed by atoms with Gasteiger partial charge in [-0.05, 0) is 25.1 Å². The van der Waals surface area contributed by atoms with Gasteiger partial charge in [0.15, 0.2) is 11.4 Å². The first-order valence-corrected chi connectivity index (χ1v) is 8.85. The van der Waals surface area contributed by atoms with Crippen LogP contribution in [0.4, 0.5) is 5.69 Å². The van der Waals surface area contributed by atoms with Crippen molar-refractivity contribution in [2.45, 2.75) is 13.8 Å². The van der Waals surface area contributed by atoms with E-state index in [2.05, 4.69) is 15.4 Å². The Morgan fingerprint density at radius 1 is 1.04 bits per heavy atom. The molecule has 1 N–H and O–H groups in total. The summed E-state index contributed by atoms with van der Waals surface area (Å²) < 4.78 is 1.65. The fraction of sp³-hybridized carbons (Fsp3) is 0.0909. The third-order valence-electron chi connectivity index (χ3n) is 4.44. The Morgan fingerprint density at radius 2 is 1.82 bits per heavy atom. The van der Waals surface area contributed by atoms with E-state index in [0.717, 1.165) is 16.8 Å². The van der Waals surface area contributed by atoms with E-state index in [1.807, 2.05) is 61.5 Å². The molecule has 28 heavy (non-hydrogen) atoms. The predicted molar refractivity (Wildman–Crippen MR) is 107 cm³/mol. The zero-order valence-electron chi connectivity index (χ0n) is 15.5. The average Bonchev–Trinajstić information content (AvgIpc) is 3.12. The van der Waals surface area contributed by atoms with Gasteiger partial charge in [0.25, 0.3) is 0 Å². The molecule has 0 atom stereocenters. The maximum Gasteiger partial charge on any atom is 0.221 e. The number of benzene rings is 2. The van der Waals surface area contributed by atoms with Crippen molar-refractivity contribution in [3.8, 4) is 11.3 Å². The molecule has 2 aromatic heterocycles. The van der Waals surface area contributed by atoms with Gasteiger partial charge in [-0.1, -0.05) is 42.0 Å². The van der Waals surface area contributed by atoms with Crippen LogP contribution in [0.2, 0.25) is 0 Å². The first-order valence-electron chi connectivity index (χ1n) is 8.85. The molecule has 1 amide bonds. The maximum atomic E-state index is 12.9. The molecule has 6 nitrogen and oxygen atoms in total. The number of aromatic nitrogens is 3. The van der Waals surface area contributed by atoms with Crippen LogP contribution >= 0.6 is 0 Å². The molecule has 4 aromatic rings. The molecule has 0 unspecified atom stereocenters. The molecule has 0 bridgehead atoms. The highest BCUT2D eigenvalue weighted by Crippen LogP contribution is 2.24. The number of fused-ring (bicyclic) bond motifs is 1. The van der Waals surface area contributed by atoms with Gasteiger partial charge < -0.3 is 5.32 Å². The second-order valence-electron chi connectivity index (χ2n) is 6.58. The second kappa shape index (κ2) is 7.08. The Kier molecular flexibility index (Phi) is 4.45. The average molecular weight is 370 g/mol. The number of rotatable bonds is 4. The number of nitrogens with one attached hydrogen (secondary N) is 1. The number of anilines is 1. The summed E-state index contributed by atoms with van der Waals surface area (Å²) in [5.74, 6) is -0.256. The molecule has 0 radical (unpaired) electrons. The van der Waals surface area contributed by atoms with Crippen LogP contribution < -0.4 is 5.32 Å². The molecular formula is C22H18N4O2. The number of ketones is 1. The molecule has 138 valence electrons. The molecule has 0 fully saturated rings. The van der Waals surface area contributed by atoms with Crippen LogP contribution in [0.15, 0.2) is 67.0 Å². The fourth-order valence-corrected chi connectivity index (χ4v) is 3.09. The van der Waals surface area contributed by atoms with Crippen LogP contribution in [0.25, 0.3) is 16.9 Å². The van der Waals surface area contributed by atoms with E-state index in [9.17, 15) is 9.59 Å². The summed E-state index contributed by atoms with van der Waals surface area (Å²) in [5, 5.41) is 7.17. The first kappa shape index (κ1) is 17.6.